The third-order valence-electron chi connectivity index (χ3n) is 4.16. The molecule has 30 heavy (non-hydrogen) atoms. The molecule has 0 bridgehead atoms. The van der Waals surface area contributed by atoms with E-state index < -0.39 is 21.8 Å². The largest absolute Gasteiger partial charge is 0.452 e. The summed E-state index contributed by atoms with van der Waals surface area (Å²) in [7, 11) is -3.88. The molecule has 0 unspecified atom stereocenters. The first kappa shape index (κ1) is 19.6. The Morgan fingerprint density at radius 2 is 1.70 bits per heavy atom. The summed E-state index contributed by atoms with van der Waals surface area (Å²) in [6.45, 7) is -0.132. The van der Waals surface area contributed by atoms with Gasteiger partial charge in [-0.2, -0.15) is 0 Å². The molecule has 0 aliphatic heterocycles. The lowest BCUT2D eigenvalue weighted by Crippen LogP contribution is -2.13. The minimum Gasteiger partial charge on any atom is -0.452 e. The van der Waals surface area contributed by atoms with Crippen LogP contribution in [0.3, 0.4) is 0 Å². The number of carbonyl (C=O) groups is 1. The molecule has 1 N–H and O–H groups in total. The average molecular weight is 426 g/mol. The molecule has 0 aliphatic carbocycles. The van der Waals surface area contributed by atoms with Crippen LogP contribution in [-0.4, -0.2) is 19.4 Å². The molecule has 0 fully saturated rings. The number of oxazole rings is 1. The van der Waals surface area contributed by atoms with E-state index in [1.807, 2.05) is 12.1 Å². The van der Waals surface area contributed by atoms with E-state index in [4.69, 9.17) is 9.15 Å². The van der Waals surface area contributed by atoms with Crippen molar-refractivity contribution in [3.8, 4) is 0 Å². The third kappa shape index (κ3) is 4.31. The van der Waals surface area contributed by atoms with Crippen LogP contribution in [-0.2, 0) is 21.4 Å². The number of hydrogen-bond donors (Lipinski definition) is 1. The van der Waals surface area contributed by atoms with Crippen LogP contribution in [0, 0.1) is 5.82 Å². The second kappa shape index (κ2) is 7.96. The molecule has 152 valence electrons. The maximum Gasteiger partial charge on any atom is 0.338 e. The van der Waals surface area contributed by atoms with E-state index in [-0.39, 0.29) is 28.6 Å². The highest BCUT2D eigenvalue weighted by molar-refractivity contribution is 7.92. The summed E-state index contributed by atoms with van der Waals surface area (Å²) >= 11 is 0. The van der Waals surface area contributed by atoms with E-state index in [0.29, 0.717) is 11.1 Å². The van der Waals surface area contributed by atoms with Crippen molar-refractivity contribution in [3.05, 3.63) is 90.1 Å². The molecular weight excluding hydrogens is 411 g/mol. The highest BCUT2D eigenvalue weighted by atomic mass is 32.2. The Morgan fingerprint density at radius 1 is 1.00 bits per heavy atom. The number of benzene rings is 3. The van der Waals surface area contributed by atoms with Gasteiger partial charge in [-0.25, -0.2) is 22.6 Å². The van der Waals surface area contributed by atoms with Crippen molar-refractivity contribution < 1.29 is 26.8 Å². The molecule has 1 heterocycles. The summed E-state index contributed by atoms with van der Waals surface area (Å²) < 4.78 is 50.7. The van der Waals surface area contributed by atoms with Gasteiger partial charge in [0, 0.05) is 5.69 Å². The van der Waals surface area contributed by atoms with Crippen LogP contribution in [0.2, 0.25) is 0 Å². The number of fused-ring (bicyclic) bond motifs is 1. The molecule has 4 aromatic rings. The van der Waals surface area contributed by atoms with Crippen molar-refractivity contribution in [3.63, 3.8) is 0 Å². The molecule has 3 aromatic carbocycles. The van der Waals surface area contributed by atoms with Crippen LogP contribution in [0.5, 0.6) is 0 Å². The Balaban J connectivity index is 1.40. The predicted octanol–water partition coefficient (Wildman–Crippen LogP) is 4.12. The van der Waals surface area contributed by atoms with Gasteiger partial charge in [-0.15, -0.1) is 0 Å². The van der Waals surface area contributed by atoms with Gasteiger partial charge in [-0.05, 0) is 60.7 Å². The van der Waals surface area contributed by atoms with Crippen molar-refractivity contribution in [1.29, 1.82) is 0 Å². The highest BCUT2D eigenvalue weighted by Crippen LogP contribution is 2.19. The van der Waals surface area contributed by atoms with Gasteiger partial charge >= 0.3 is 5.97 Å². The van der Waals surface area contributed by atoms with Gasteiger partial charge in [0.1, 0.15) is 11.3 Å². The van der Waals surface area contributed by atoms with E-state index in [0.717, 1.165) is 24.3 Å². The van der Waals surface area contributed by atoms with Crippen molar-refractivity contribution in [2.24, 2.45) is 0 Å². The average Bonchev–Trinajstić information content (AvgIpc) is 3.16. The summed E-state index contributed by atoms with van der Waals surface area (Å²) in [5.74, 6) is -0.868. The fourth-order valence-corrected chi connectivity index (χ4v) is 3.75. The van der Waals surface area contributed by atoms with Gasteiger partial charge in [0.2, 0.25) is 5.89 Å². The van der Waals surface area contributed by atoms with Crippen LogP contribution in [0.15, 0.2) is 82.1 Å². The number of nitrogens with one attached hydrogen (secondary N) is 1. The summed E-state index contributed by atoms with van der Waals surface area (Å²) in [4.78, 5) is 16.4. The number of aromatic nitrogens is 1. The smallest absolute Gasteiger partial charge is 0.338 e. The Morgan fingerprint density at radius 3 is 2.40 bits per heavy atom. The minimum atomic E-state index is -3.88. The van der Waals surface area contributed by atoms with Crippen LogP contribution in [0.4, 0.5) is 10.1 Å². The molecule has 4 rings (SSSR count). The third-order valence-corrected chi connectivity index (χ3v) is 5.56. The Labute approximate surface area is 171 Å². The van der Waals surface area contributed by atoms with Crippen LogP contribution >= 0.6 is 0 Å². The summed E-state index contributed by atoms with van der Waals surface area (Å²) in [6.07, 6.45) is 0. The summed E-state index contributed by atoms with van der Waals surface area (Å²) in [5, 5.41) is 0. The molecular formula is C21H15FN2O5S. The molecule has 0 spiro atoms. The van der Waals surface area contributed by atoms with E-state index in [1.54, 1.807) is 12.1 Å². The molecule has 9 heteroatoms. The normalized spacial score (nSPS) is 11.4. The Kier molecular flexibility index (Phi) is 5.20. The number of nitrogens with zero attached hydrogens (tertiary/aromatic N) is 1. The lowest BCUT2D eigenvalue weighted by Gasteiger charge is -2.09. The SMILES string of the molecule is O=C(OCc1nc2ccccc2o1)c1ccc(NS(=O)(=O)c2ccc(F)cc2)cc1. The summed E-state index contributed by atoms with van der Waals surface area (Å²) in [5.41, 5.74) is 1.74. The molecule has 0 atom stereocenters. The van der Waals surface area contributed by atoms with E-state index >= 15 is 0 Å². The van der Waals surface area contributed by atoms with Gasteiger partial charge in [-0.3, -0.25) is 4.72 Å². The van der Waals surface area contributed by atoms with E-state index in [9.17, 15) is 17.6 Å². The molecule has 0 amide bonds. The predicted molar refractivity (Wildman–Crippen MR) is 107 cm³/mol. The maximum absolute atomic E-state index is 13.0. The fourth-order valence-electron chi connectivity index (χ4n) is 2.69. The first-order valence-corrected chi connectivity index (χ1v) is 10.3. The zero-order valence-corrected chi connectivity index (χ0v) is 16.2. The number of ether oxygens (including phenoxy) is 1. The molecule has 1 aromatic heterocycles. The Hall–Kier alpha value is -3.72. The monoisotopic (exact) mass is 426 g/mol. The molecule has 0 aliphatic rings. The minimum absolute atomic E-state index is 0.0780. The van der Waals surface area contributed by atoms with Gasteiger partial charge in [0.25, 0.3) is 10.0 Å². The van der Waals surface area contributed by atoms with E-state index in [2.05, 4.69) is 9.71 Å². The van der Waals surface area contributed by atoms with Crippen molar-refractivity contribution >= 4 is 32.8 Å². The van der Waals surface area contributed by atoms with Crippen molar-refractivity contribution in [1.82, 2.24) is 4.98 Å². The van der Waals surface area contributed by atoms with Crippen LogP contribution in [0.25, 0.3) is 11.1 Å². The lowest BCUT2D eigenvalue weighted by molar-refractivity contribution is 0.0440. The number of rotatable bonds is 6. The number of para-hydroxylation sites is 2. The number of anilines is 1. The van der Waals surface area contributed by atoms with Crippen LogP contribution < -0.4 is 4.72 Å². The maximum atomic E-state index is 13.0. The van der Waals surface area contributed by atoms with Crippen molar-refractivity contribution in [2.45, 2.75) is 11.5 Å². The Bertz CT molecular complexity index is 1270. The zero-order valence-electron chi connectivity index (χ0n) is 15.4. The fraction of sp³-hybridized carbons (Fsp3) is 0.0476. The quantitative estimate of drug-likeness (QED) is 0.466. The molecule has 7 nitrogen and oxygen atoms in total. The van der Waals surface area contributed by atoms with Gasteiger partial charge in [-0.1, -0.05) is 12.1 Å². The molecule has 0 saturated heterocycles. The van der Waals surface area contributed by atoms with Gasteiger partial charge < -0.3 is 9.15 Å². The van der Waals surface area contributed by atoms with Gasteiger partial charge in [0.05, 0.1) is 10.5 Å². The summed E-state index contributed by atoms with van der Waals surface area (Å²) in [6, 6.07) is 17.3. The number of esters is 1. The zero-order chi connectivity index (χ0) is 21.1. The first-order valence-electron chi connectivity index (χ1n) is 8.81. The second-order valence-electron chi connectivity index (χ2n) is 6.29. The number of halogens is 1. The van der Waals surface area contributed by atoms with Crippen molar-refractivity contribution in [2.75, 3.05) is 4.72 Å². The van der Waals surface area contributed by atoms with E-state index in [1.165, 1.54) is 24.3 Å². The topological polar surface area (TPSA) is 98.5 Å². The second-order valence-corrected chi connectivity index (χ2v) is 7.97. The number of hydrogen-bond acceptors (Lipinski definition) is 6. The molecule has 0 radical (unpaired) electrons. The number of sulfonamides is 1. The highest BCUT2D eigenvalue weighted by Gasteiger charge is 2.15. The molecule has 0 saturated carbocycles. The van der Waals surface area contributed by atoms with Crippen LogP contribution in [0.1, 0.15) is 16.2 Å². The van der Waals surface area contributed by atoms with Gasteiger partial charge in [0.15, 0.2) is 12.2 Å². The lowest BCUT2D eigenvalue weighted by atomic mass is 10.2. The first-order chi connectivity index (χ1) is 14.4. The number of carbonyl (C=O) groups excluding carboxylic acids is 1. The standard InChI is InChI=1S/C21H15FN2O5S/c22-15-7-11-17(12-8-15)30(26,27)24-16-9-5-14(6-10-16)21(25)28-13-20-23-18-3-1-2-4-19(18)29-20/h1-12,24H,13H2.